The Bertz CT molecular complexity index is 905. The van der Waals surface area contributed by atoms with Crippen LogP contribution in [0.25, 0.3) is 5.65 Å². The predicted octanol–water partition coefficient (Wildman–Crippen LogP) is 1.67. The van der Waals surface area contributed by atoms with Gasteiger partial charge in [0.25, 0.3) is 5.91 Å². The number of methoxy groups -OCH3 is 1. The monoisotopic (exact) mass is 356 g/mol. The number of fused-ring (bicyclic) bond motifs is 1. The van der Waals surface area contributed by atoms with E-state index in [1.807, 2.05) is 4.90 Å². The fourth-order valence-corrected chi connectivity index (χ4v) is 3.24. The number of nitrogens with zero attached hydrogens (tertiary/aromatic N) is 6. The molecule has 1 saturated heterocycles. The first kappa shape index (κ1) is 16.6. The van der Waals surface area contributed by atoms with Gasteiger partial charge in [-0.05, 0) is 31.4 Å². The van der Waals surface area contributed by atoms with Crippen molar-refractivity contribution in [2.45, 2.75) is 31.7 Å². The normalized spacial score (nSPS) is 17.7. The lowest BCUT2D eigenvalue weighted by Gasteiger charge is -2.33. The van der Waals surface area contributed by atoms with Gasteiger partial charge in [-0.1, -0.05) is 5.16 Å². The number of amides is 1. The van der Waals surface area contributed by atoms with Gasteiger partial charge in [0.1, 0.15) is 12.4 Å². The molecular formula is C17H20N6O3. The first-order chi connectivity index (χ1) is 12.8. The molecule has 9 heteroatoms. The Morgan fingerprint density at radius 1 is 1.42 bits per heavy atom. The summed E-state index contributed by atoms with van der Waals surface area (Å²) in [6.07, 6.45) is 6.58. The molecule has 136 valence electrons. The van der Waals surface area contributed by atoms with Crippen LogP contribution < -0.4 is 0 Å². The molecule has 3 aromatic rings. The summed E-state index contributed by atoms with van der Waals surface area (Å²) in [5, 5.41) is 8.06. The van der Waals surface area contributed by atoms with Crippen molar-refractivity contribution < 1.29 is 14.1 Å². The molecule has 1 aliphatic rings. The third-order valence-corrected chi connectivity index (χ3v) is 4.59. The summed E-state index contributed by atoms with van der Waals surface area (Å²) in [6.45, 7) is 1.20. The van der Waals surface area contributed by atoms with E-state index in [4.69, 9.17) is 9.26 Å². The fourth-order valence-electron chi connectivity index (χ4n) is 3.24. The number of rotatable bonds is 5. The summed E-state index contributed by atoms with van der Waals surface area (Å²) in [7, 11) is 1.63. The van der Waals surface area contributed by atoms with Crippen molar-refractivity contribution >= 4 is 11.6 Å². The zero-order valence-electron chi connectivity index (χ0n) is 14.5. The lowest BCUT2D eigenvalue weighted by atomic mass is 10.0. The summed E-state index contributed by atoms with van der Waals surface area (Å²) in [6, 6.07) is 3.31. The van der Waals surface area contributed by atoms with E-state index in [2.05, 4.69) is 20.2 Å². The average molecular weight is 356 g/mol. The number of ether oxygens (including phenoxy) is 1. The summed E-state index contributed by atoms with van der Waals surface area (Å²) in [5.74, 6) is 1.04. The maximum atomic E-state index is 13.1. The molecule has 1 atom stereocenters. The molecule has 4 heterocycles. The average Bonchev–Trinajstić information content (AvgIpc) is 3.34. The van der Waals surface area contributed by atoms with E-state index in [1.54, 1.807) is 30.0 Å². The highest BCUT2D eigenvalue weighted by atomic mass is 16.5. The largest absolute Gasteiger partial charge is 0.384 e. The quantitative estimate of drug-likeness (QED) is 0.685. The van der Waals surface area contributed by atoms with Crippen LogP contribution >= 0.6 is 0 Å². The SMILES string of the molecule is COCCc1noc(C2CCCCN2C(=O)c2ccn3ncnc3c2)n1. The van der Waals surface area contributed by atoms with E-state index < -0.39 is 0 Å². The van der Waals surface area contributed by atoms with Gasteiger partial charge in [0.2, 0.25) is 5.89 Å². The second kappa shape index (κ2) is 7.20. The molecule has 0 bridgehead atoms. The smallest absolute Gasteiger partial charge is 0.254 e. The molecule has 1 amide bonds. The summed E-state index contributed by atoms with van der Waals surface area (Å²) in [5.41, 5.74) is 1.22. The first-order valence-electron chi connectivity index (χ1n) is 8.68. The van der Waals surface area contributed by atoms with Gasteiger partial charge < -0.3 is 14.2 Å². The summed E-state index contributed by atoms with van der Waals surface area (Å²) < 4.78 is 12.1. The summed E-state index contributed by atoms with van der Waals surface area (Å²) >= 11 is 0. The molecule has 0 N–H and O–H groups in total. The Morgan fingerprint density at radius 3 is 3.23 bits per heavy atom. The van der Waals surface area contributed by atoms with Crippen LogP contribution in [0.1, 0.15) is 47.4 Å². The Labute approximate surface area is 150 Å². The minimum atomic E-state index is -0.200. The number of hydrogen-bond acceptors (Lipinski definition) is 7. The maximum absolute atomic E-state index is 13.1. The minimum Gasteiger partial charge on any atom is -0.384 e. The van der Waals surface area contributed by atoms with Crippen LogP contribution in [0.3, 0.4) is 0 Å². The van der Waals surface area contributed by atoms with E-state index in [-0.39, 0.29) is 11.9 Å². The molecule has 0 aliphatic carbocycles. The van der Waals surface area contributed by atoms with Crippen molar-refractivity contribution in [2.24, 2.45) is 0 Å². The highest BCUT2D eigenvalue weighted by Gasteiger charge is 2.32. The molecule has 0 spiro atoms. The lowest BCUT2D eigenvalue weighted by molar-refractivity contribution is 0.0561. The molecular weight excluding hydrogens is 336 g/mol. The van der Waals surface area contributed by atoms with Gasteiger partial charge in [0.15, 0.2) is 11.5 Å². The van der Waals surface area contributed by atoms with Crippen molar-refractivity contribution in [3.05, 3.63) is 41.9 Å². The van der Waals surface area contributed by atoms with Gasteiger partial charge in [0.05, 0.1) is 6.61 Å². The molecule has 1 aliphatic heterocycles. The molecule has 0 aromatic carbocycles. The number of pyridine rings is 1. The van der Waals surface area contributed by atoms with Crippen molar-refractivity contribution in [1.29, 1.82) is 0 Å². The molecule has 3 aromatic heterocycles. The molecule has 9 nitrogen and oxygen atoms in total. The van der Waals surface area contributed by atoms with Crippen LogP contribution in [-0.4, -0.2) is 55.8 Å². The lowest BCUT2D eigenvalue weighted by Crippen LogP contribution is -2.38. The van der Waals surface area contributed by atoms with Crippen molar-refractivity contribution in [3.8, 4) is 0 Å². The van der Waals surface area contributed by atoms with Crippen LogP contribution in [0, 0.1) is 0 Å². The summed E-state index contributed by atoms with van der Waals surface area (Å²) in [4.78, 5) is 23.5. The number of aromatic nitrogens is 5. The predicted molar refractivity (Wildman–Crippen MR) is 90.5 cm³/mol. The van der Waals surface area contributed by atoms with Crippen LogP contribution in [0.4, 0.5) is 0 Å². The fraction of sp³-hybridized carbons (Fsp3) is 0.471. The second-order valence-corrected chi connectivity index (χ2v) is 6.28. The standard InChI is InChI=1S/C17H20N6O3/c1-25-9-6-14-20-16(26-21-14)13-4-2-3-7-22(13)17(24)12-5-8-23-15(10-12)18-11-19-23/h5,8,10-11,13H,2-4,6-7,9H2,1H3. The maximum Gasteiger partial charge on any atom is 0.254 e. The molecule has 26 heavy (non-hydrogen) atoms. The van der Waals surface area contributed by atoms with Crippen LogP contribution in [0.15, 0.2) is 29.2 Å². The first-order valence-corrected chi connectivity index (χ1v) is 8.68. The van der Waals surface area contributed by atoms with Gasteiger partial charge in [-0.3, -0.25) is 4.79 Å². The van der Waals surface area contributed by atoms with Crippen molar-refractivity contribution in [3.63, 3.8) is 0 Å². The van der Waals surface area contributed by atoms with E-state index >= 15 is 0 Å². The third kappa shape index (κ3) is 3.17. The van der Waals surface area contributed by atoms with E-state index in [0.717, 1.165) is 19.3 Å². The van der Waals surface area contributed by atoms with Crippen molar-refractivity contribution in [1.82, 2.24) is 29.6 Å². The van der Waals surface area contributed by atoms with Gasteiger partial charge in [-0.2, -0.15) is 10.1 Å². The number of piperidine rings is 1. The van der Waals surface area contributed by atoms with E-state index in [1.165, 1.54) is 6.33 Å². The topological polar surface area (TPSA) is 98.7 Å². The third-order valence-electron chi connectivity index (χ3n) is 4.59. The highest BCUT2D eigenvalue weighted by Crippen LogP contribution is 2.31. The number of hydrogen-bond donors (Lipinski definition) is 0. The minimum absolute atomic E-state index is 0.0585. The van der Waals surface area contributed by atoms with Crippen molar-refractivity contribution in [2.75, 3.05) is 20.3 Å². The van der Waals surface area contributed by atoms with Crippen LogP contribution in [0.2, 0.25) is 0 Å². The molecule has 0 radical (unpaired) electrons. The van der Waals surface area contributed by atoms with Crippen LogP contribution in [0.5, 0.6) is 0 Å². The van der Waals surface area contributed by atoms with Gasteiger partial charge in [-0.25, -0.2) is 9.50 Å². The highest BCUT2D eigenvalue weighted by molar-refractivity contribution is 5.95. The molecule has 0 saturated carbocycles. The van der Waals surface area contributed by atoms with Gasteiger partial charge in [0, 0.05) is 31.8 Å². The van der Waals surface area contributed by atoms with E-state index in [0.29, 0.717) is 42.5 Å². The Balaban J connectivity index is 1.58. The van der Waals surface area contributed by atoms with E-state index in [9.17, 15) is 4.79 Å². The number of likely N-dealkylation sites (tertiary alicyclic amines) is 1. The van der Waals surface area contributed by atoms with Crippen LogP contribution in [-0.2, 0) is 11.2 Å². The Kier molecular flexibility index (Phi) is 4.61. The molecule has 1 unspecified atom stereocenters. The Morgan fingerprint density at radius 2 is 2.35 bits per heavy atom. The number of carbonyl (C=O) groups excluding carboxylic acids is 1. The van der Waals surface area contributed by atoms with Gasteiger partial charge in [-0.15, -0.1) is 0 Å². The second-order valence-electron chi connectivity index (χ2n) is 6.28. The molecule has 1 fully saturated rings. The Hall–Kier alpha value is -2.81. The molecule has 4 rings (SSSR count). The zero-order valence-corrected chi connectivity index (χ0v) is 14.5. The van der Waals surface area contributed by atoms with Gasteiger partial charge >= 0.3 is 0 Å². The zero-order chi connectivity index (χ0) is 17.9. The number of carbonyl (C=O) groups is 1.